The number of likely N-dealkylation sites (N-methyl/N-ethyl adjacent to an activating group) is 1. The van der Waals surface area contributed by atoms with Gasteiger partial charge in [0.2, 0.25) is 6.79 Å². The molecule has 2 aliphatic heterocycles. The number of rotatable bonds is 8. The molecule has 0 bridgehead atoms. The fourth-order valence-electron chi connectivity index (χ4n) is 5.34. The van der Waals surface area contributed by atoms with Crippen molar-refractivity contribution in [2.75, 3.05) is 26.4 Å². The summed E-state index contributed by atoms with van der Waals surface area (Å²) >= 11 is 0. The van der Waals surface area contributed by atoms with Crippen LogP contribution in [0.3, 0.4) is 0 Å². The Morgan fingerprint density at radius 1 is 1.00 bits per heavy atom. The lowest BCUT2D eigenvalue weighted by Gasteiger charge is -2.22. The number of amides is 2. The molecule has 190 valence electrons. The summed E-state index contributed by atoms with van der Waals surface area (Å²) < 4.78 is 13.2. The van der Waals surface area contributed by atoms with E-state index >= 15 is 0 Å². The first-order valence-corrected chi connectivity index (χ1v) is 12.5. The first-order valence-electron chi connectivity index (χ1n) is 12.5. The Morgan fingerprint density at radius 2 is 1.70 bits per heavy atom. The van der Waals surface area contributed by atoms with Crippen molar-refractivity contribution < 1.29 is 24.2 Å². The molecule has 2 aromatic carbocycles. The number of carbonyl (C=O) groups excluding carboxylic acids is 2. The number of nitrogens with one attached hydrogen (secondary N) is 2. The van der Waals surface area contributed by atoms with Crippen molar-refractivity contribution in [3.05, 3.63) is 59.9 Å². The number of ether oxygens (including phenoxy) is 2. The highest BCUT2D eigenvalue weighted by molar-refractivity contribution is 6.50. The van der Waals surface area contributed by atoms with Gasteiger partial charge in [-0.2, -0.15) is 0 Å². The zero-order valence-electron chi connectivity index (χ0n) is 20.7. The molecular weight excluding hydrogens is 472 g/mol. The molecule has 2 amide bonds. The topological polar surface area (TPSA) is 109 Å². The molecule has 0 fully saturated rings. The number of carbonyl (C=O) groups is 2. The third-order valence-electron chi connectivity index (χ3n) is 7.21. The minimum atomic E-state index is -0.630. The average molecular weight is 501 g/mol. The van der Waals surface area contributed by atoms with E-state index in [-0.39, 0.29) is 6.79 Å². The maximum absolute atomic E-state index is 13.2. The number of H-pyrrole nitrogens is 1. The number of aliphatic hydroxyl groups is 1. The van der Waals surface area contributed by atoms with Gasteiger partial charge < -0.3 is 29.0 Å². The number of benzene rings is 2. The number of aromatic amines is 1. The first kappa shape index (κ1) is 23.3. The van der Waals surface area contributed by atoms with Crippen LogP contribution in [0, 0.1) is 0 Å². The quantitative estimate of drug-likeness (QED) is 0.321. The normalized spacial score (nSPS) is 16.0. The van der Waals surface area contributed by atoms with E-state index < -0.39 is 17.9 Å². The molecule has 37 heavy (non-hydrogen) atoms. The number of aromatic nitrogens is 2. The van der Waals surface area contributed by atoms with Gasteiger partial charge in [0, 0.05) is 59.0 Å². The zero-order valence-corrected chi connectivity index (χ0v) is 20.7. The number of para-hydroxylation sites is 1. The van der Waals surface area contributed by atoms with E-state index in [9.17, 15) is 14.7 Å². The number of imide groups is 1. The van der Waals surface area contributed by atoms with Gasteiger partial charge in [-0.25, -0.2) is 0 Å². The molecule has 0 radical (unpaired) electrons. The van der Waals surface area contributed by atoms with Crippen LogP contribution in [0.1, 0.15) is 25.0 Å². The maximum Gasteiger partial charge on any atom is 0.259 e. The summed E-state index contributed by atoms with van der Waals surface area (Å²) in [4.78, 5) is 31.7. The minimum absolute atomic E-state index is 0.115. The Hall–Kier alpha value is -4.08. The van der Waals surface area contributed by atoms with Crippen LogP contribution in [0.5, 0.6) is 11.5 Å². The van der Waals surface area contributed by atoms with E-state index in [0.717, 1.165) is 34.9 Å². The van der Waals surface area contributed by atoms with Gasteiger partial charge in [-0.3, -0.25) is 14.9 Å². The molecule has 3 N–H and O–H groups in total. The minimum Gasteiger partial charge on any atom is -0.454 e. The third kappa shape index (κ3) is 3.87. The van der Waals surface area contributed by atoms with Crippen molar-refractivity contribution in [2.24, 2.45) is 0 Å². The number of nitrogens with zero attached hydrogens (tertiary/aromatic N) is 2. The predicted octanol–water partition coefficient (Wildman–Crippen LogP) is 3.12. The summed E-state index contributed by atoms with van der Waals surface area (Å²) in [5.41, 5.74) is 3.56. The molecule has 0 aliphatic carbocycles. The summed E-state index contributed by atoms with van der Waals surface area (Å²) in [6, 6.07) is 11.4. The van der Waals surface area contributed by atoms with Crippen molar-refractivity contribution in [3.8, 4) is 11.5 Å². The molecule has 0 saturated carbocycles. The SMILES string of the molecule is CCN(CC)CC(O)Cn1cc(C2=C(c3c[nH]c4ccccc34)C(=O)NC2=O)c2cc3c(cc21)OCO3. The molecule has 0 saturated heterocycles. The second kappa shape index (κ2) is 9.10. The summed E-state index contributed by atoms with van der Waals surface area (Å²) in [6.07, 6.45) is 2.97. The standard InChI is InChI=1S/C28H28N4O5/c1-3-31(4-2)12-16(33)13-32-14-20(18-9-23-24(10-22(18)32)37-15-36-23)26-25(27(34)30-28(26)35)19-11-29-21-8-6-5-7-17(19)21/h5-11,14,16,29,33H,3-4,12-13,15H2,1-2H3,(H,30,34,35). The average Bonchev–Trinajstić information content (AvgIpc) is 3.66. The molecule has 9 heteroatoms. The van der Waals surface area contributed by atoms with Crippen LogP contribution in [-0.2, 0) is 16.1 Å². The number of hydrogen-bond acceptors (Lipinski definition) is 6. The molecule has 1 unspecified atom stereocenters. The van der Waals surface area contributed by atoms with Crippen LogP contribution < -0.4 is 14.8 Å². The van der Waals surface area contributed by atoms with E-state index in [4.69, 9.17) is 9.47 Å². The highest BCUT2D eigenvalue weighted by atomic mass is 16.7. The van der Waals surface area contributed by atoms with Crippen LogP contribution in [-0.4, -0.2) is 63.9 Å². The largest absolute Gasteiger partial charge is 0.454 e. The lowest BCUT2D eigenvalue weighted by molar-refractivity contribution is -0.122. The van der Waals surface area contributed by atoms with E-state index in [1.54, 1.807) is 6.20 Å². The second-order valence-corrected chi connectivity index (χ2v) is 9.34. The third-order valence-corrected chi connectivity index (χ3v) is 7.21. The van der Waals surface area contributed by atoms with Crippen LogP contribution in [0.15, 0.2) is 48.8 Å². The molecule has 0 spiro atoms. The summed E-state index contributed by atoms with van der Waals surface area (Å²) in [5.74, 6) is 0.294. The lowest BCUT2D eigenvalue weighted by atomic mass is 9.95. The van der Waals surface area contributed by atoms with E-state index in [1.807, 2.05) is 47.2 Å². The Bertz CT molecular complexity index is 1580. The Balaban J connectivity index is 1.53. The van der Waals surface area contributed by atoms with Gasteiger partial charge in [0.1, 0.15) is 0 Å². The van der Waals surface area contributed by atoms with E-state index in [2.05, 4.69) is 29.0 Å². The van der Waals surface area contributed by atoms with Gasteiger partial charge in [-0.05, 0) is 25.2 Å². The van der Waals surface area contributed by atoms with Gasteiger partial charge in [0.05, 0.1) is 22.8 Å². The van der Waals surface area contributed by atoms with Crippen molar-refractivity contribution in [2.45, 2.75) is 26.5 Å². The molecule has 9 nitrogen and oxygen atoms in total. The molecule has 4 aromatic rings. The Kier molecular flexibility index (Phi) is 5.73. The zero-order chi connectivity index (χ0) is 25.7. The fourth-order valence-corrected chi connectivity index (χ4v) is 5.34. The van der Waals surface area contributed by atoms with Gasteiger partial charge in [-0.1, -0.05) is 32.0 Å². The first-order chi connectivity index (χ1) is 18.0. The summed E-state index contributed by atoms with van der Waals surface area (Å²) in [7, 11) is 0. The van der Waals surface area contributed by atoms with Gasteiger partial charge in [-0.15, -0.1) is 0 Å². The molecule has 2 aliphatic rings. The Morgan fingerprint density at radius 3 is 2.46 bits per heavy atom. The lowest BCUT2D eigenvalue weighted by Crippen LogP contribution is -2.34. The molecule has 4 heterocycles. The van der Waals surface area contributed by atoms with E-state index in [1.165, 1.54) is 0 Å². The number of aliphatic hydroxyl groups excluding tert-OH is 1. The van der Waals surface area contributed by atoms with Crippen LogP contribution >= 0.6 is 0 Å². The Labute approximate surface area is 213 Å². The molecule has 1 atom stereocenters. The van der Waals surface area contributed by atoms with Crippen LogP contribution in [0.2, 0.25) is 0 Å². The number of fused-ring (bicyclic) bond motifs is 3. The maximum atomic E-state index is 13.2. The van der Waals surface area contributed by atoms with Crippen molar-refractivity contribution in [3.63, 3.8) is 0 Å². The second-order valence-electron chi connectivity index (χ2n) is 9.34. The predicted molar refractivity (Wildman–Crippen MR) is 140 cm³/mol. The van der Waals surface area contributed by atoms with Crippen molar-refractivity contribution in [1.29, 1.82) is 0 Å². The highest BCUT2D eigenvalue weighted by Crippen LogP contribution is 2.42. The van der Waals surface area contributed by atoms with Crippen LogP contribution in [0.4, 0.5) is 0 Å². The molecule has 6 rings (SSSR count). The number of hydrogen-bond donors (Lipinski definition) is 3. The van der Waals surface area contributed by atoms with Crippen LogP contribution in [0.25, 0.3) is 33.0 Å². The van der Waals surface area contributed by atoms with Crippen molar-refractivity contribution in [1.82, 2.24) is 19.8 Å². The smallest absolute Gasteiger partial charge is 0.259 e. The monoisotopic (exact) mass is 500 g/mol. The van der Waals surface area contributed by atoms with Gasteiger partial charge in [0.15, 0.2) is 11.5 Å². The molecule has 2 aromatic heterocycles. The van der Waals surface area contributed by atoms with Gasteiger partial charge >= 0.3 is 0 Å². The fraction of sp³-hybridized carbons (Fsp3) is 0.286. The van der Waals surface area contributed by atoms with Crippen molar-refractivity contribution >= 4 is 44.8 Å². The highest BCUT2D eigenvalue weighted by Gasteiger charge is 2.35. The summed E-state index contributed by atoms with van der Waals surface area (Å²) in [5, 5.41) is 15.0. The molecular formula is C28H28N4O5. The summed E-state index contributed by atoms with van der Waals surface area (Å²) in [6.45, 7) is 6.76. The van der Waals surface area contributed by atoms with E-state index in [0.29, 0.717) is 46.9 Å². The van der Waals surface area contributed by atoms with Gasteiger partial charge in [0.25, 0.3) is 11.8 Å².